The Balaban J connectivity index is 0.000000159. The first-order valence-corrected chi connectivity index (χ1v) is 39.7. The van der Waals surface area contributed by atoms with Crippen LogP contribution in [0.1, 0.15) is 105 Å². The number of hydrogen-bond donors (Lipinski definition) is 0. The van der Waals surface area contributed by atoms with Crippen molar-refractivity contribution >= 4 is 125 Å². The number of halogens is 3. The van der Waals surface area contributed by atoms with E-state index in [0.29, 0.717) is 0 Å². The number of rotatable bonds is 11. The van der Waals surface area contributed by atoms with E-state index in [-0.39, 0.29) is 41.8 Å². The first-order valence-electron chi connectivity index (χ1n) is 37.3. The van der Waals surface area contributed by atoms with Gasteiger partial charge in [-0.2, -0.15) is 0 Å². The molecule has 0 fully saturated rings. The van der Waals surface area contributed by atoms with Crippen LogP contribution in [0.2, 0.25) is 0 Å². The number of aromatic nitrogens is 2. The molecule has 549 valence electrons. The Morgan fingerprint density at radius 1 is 0.264 bits per heavy atom. The van der Waals surface area contributed by atoms with E-state index in [4.69, 9.17) is 4.98 Å². The quantitative estimate of drug-likeness (QED) is 0.0734. The van der Waals surface area contributed by atoms with Gasteiger partial charge in [-0.1, -0.05) is 305 Å². The van der Waals surface area contributed by atoms with Crippen LogP contribution >= 0.6 is 47.8 Å². The monoisotopic (exact) mass is 1800 g/mol. The number of benzene rings is 14. The van der Waals surface area contributed by atoms with E-state index in [1.807, 2.05) is 54.9 Å². The molecule has 0 aliphatic rings. The SMILES string of the molecule is Brc1cc[c-]c(-c2nccc3ccccc23)c1.CC(C)(C)c1ccc(-c2cc(-c3ccc(C(C)(C)C)cc3)cc(-c3cc[c-]c(-c4nccc5ccccc45)c3)c2)cc1.CC(C)(C)c1ccc(N(c2ccc(Br)cc2)c2c3ccccc3c(N(c3ccc(Br)cc3)c3ccc(C(C)(C)C)cc3)c3ccccc23)cc1.[Ir]. The van der Waals surface area contributed by atoms with Crippen LogP contribution < -0.4 is 9.80 Å². The normalized spacial score (nSPS) is 11.7. The summed E-state index contributed by atoms with van der Waals surface area (Å²) in [6.45, 7) is 27.2. The molecule has 0 amide bonds. The average molecular weight is 1800 g/mol. The van der Waals surface area contributed by atoms with E-state index >= 15 is 0 Å². The minimum atomic E-state index is 0. The summed E-state index contributed by atoms with van der Waals surface area (Å²) in [5, 5.41) is 9.39. The van der Waals surface area contributed by atoms with Crippen LogP contribution in [0.5, 0.6) is 0 Å². The van der Waals surface area contributed by atoms with Crippen LogP contribution in [-0.2, 0) is 41.8 Å². The van der Waals surface area contributed by atoms with E-state index in [0.717, 1.165) is 86.4 Å². The van der Waals surface area contributed by atoms with Crippen LogP contribution in [-0.4, -0.2) is 9.97 Å². The average Bonchev–Trinajstić information content (AvgIpc) is 0.722. The standard InChI is InChI=1S/C46H42Br2N2.C41H38N.C15H9BrN.Ir/c1-45(2,3)31-15-23-35(24-16-31)49(37-27-19-33(47)20-28-37)43-39-11-7-9-13-41(39)44(42-14-10-8-12-40(42)43)50(38-29-21-34(48)22-30-38)36-25-17-32(18-26-36)46(4,5)6;1-40(2,3)36-18-14-28(15-19-36)33-25-34(29-16-20-37(21-17-29)41(4,5)6)27-35(26-33)31-11-9-12-32(24-31)39-38-13-8-7-10-30(38)22-23-42-39;16-13-6-3-5-12(10-13)15-14-7-2-1-4-11(14)8-9-17-15;/h7-30H,1-6H3;7-11,13-27H,1-6H3;1-4,6-10H;/q;2*-1;. The van der Waals surface area contributed by atoms with Crippen molar-refractivity contribution in [1.82, 2.24) is 9.97 Å². The Hall–Kier alpha value is -9.89. The van der Waals surface area contributed by atoms with Crippen molar-refractivity contribution in [3.05, 3.63) is 370 Å². The Bertz CT molecular complexity index is 5600. The third-order valence-corrected chi connectivity index (χ3v) is 21.9. The van der Waals surface area contributed by atoms with Gasteiger partial charge in [0.05, 0.1) is 11.4 Å². The molecule has 0 aliphatic carbocycles. The second kappa shape index (κ2) is 33.0. The molecule has 0 N–H and O–H groups in total. The Kier molecular flexibility index (Phi) is 23.4. The van der Waals surface area contributed by atoms with E-state index in [1.54, 1.807) is 0 Å². The van der Waals surface area contributed by atoms with Gasteiger partial charge >= 0.3 is 0 Å². The molecule has 110 heavy (non-hydrogen) atoms. The van der Waals surface area contributed by atoms with E-state index in [2.05, 4.69) is 425 Å². The van der Waals surface area contributed by atoms with Crippen LogP contribution in [0.25, 0.3) is 99.0 Å². The van der Waals surface area contributed by atoms with Gasteiger partial charge < -0.3 is 19.8 Å². The molecular weight excluding hydrogens is 1710 g/mol. The minimum Gasteiger partial charge on any atom is -0.309 e. The molecule has 0 atom stereocenters. The van der Waals surface area contributed by atoms with Crippen LogP contribution in [0.4, 0.5) is 34.1 Å². The van der Waals surface area contributed by atoms with Crippen LogP contribution in [0.15, 0.2) is 335 Å². The number of hydrogen-bond acceptors (Lipinski definition) is 4. The smallest absolute Gasteiger partial charge is 0.0619 e. The summed E-state index contributed by atoms with van der Waals surface area (Å²) in [6.07, 6.45) is 3.73. The number of anilines is 6. The first kappa shape index (κ1) is 78.2. The van der Waals surface area contributed by atoms with Crippen molar-refractivity contribution in [2.24, 2.45) is 0 Å². The predicted molar refractivity (Wildman–Crippen MR) is 477 cm³/mol. The fraction of sp³-hybridized carbons (Fsp3) is 0.157. The van der Waals surface area contributed by atoms with Gasteiger partial charge in [0.1, 0.15) is 0 Å². The molecule has 14 aromatic carbocycles. The van der Waals surface area contributed by atoms with Crippen molar-refractivity contribution in [3.8, 4) is 55.9 Å². The van der Waals surface area contributed by atoms with Crippen molar-refractivity contribution in [1.29, 1.82) is 0 Å². The summed E-state index contributed by atoms with van der Waals surface area (Å²) in [4.78, 5) is 14.1. The van der Waals surface area contributed by atoms with Gasteiger partial charge in [0.25, 0.3) is 0 Å². The molecule has 0 saturated carbocycles. The zero-order chi connectivity index (χ0) is 76.4. The van der Waals surface area contributed by atoms with Gasteiger partial charge in [-0.3, -0.25) is 0 Å². The summed E-state index contributed by atoms with van der Waals surface area (Å²) in [7, 11) is 0. The maximum absolute atomic E-state index is 4.77. The molecule has 2 aromatic heterocycles. The van der Waals surface area contributed by atoms with E-state index in [9.17, 15) is 0 Å². The molecule has 0 aliphatic heterocycles. The zero-order valence-electron chi connectivity index (χ0n) is 64.4. The van der Waals surface area contributed by atoms with Crippen molar-refractivity contribution in [3.63, 3.8) is 0 Å². The maximum atomic E-state index is 4.77. The number of pyridine rings is 2. The Morgan fingerprint density at radius 2 is 0.555 bits per heavy atom. The molecule has 4 nitrogen and oxygen atoms in total. The number of nitrogens with zero attached hydrogens (tertiary/aromatic N) is 4. The van der Waals surface area contributed by atoms with Crippen molar-refractivity contribution in [2.75, 3.05) is 9.80 Å². The predicted octanol–water partition coefficient (Wildman–Crippen LogP) is 30.8. The first-order chi connectivity index (χ1) is 52.3. The Labute approximate surface area is 689 Å². The fourth-order valence-corrected chi connectivity index (χ4v) is 15.1. The molecule has 1 radical (unpaired) electrons. The molecule has 8 heteroatoms. The largest absolute Gasteiger partial charge is 0.309 e. The summed E-state index contributed by atoms with van der Waals surface area (Å²) in [5.74, 6) is 0. The molecule has 16 aromatic rings. The molecule has 0 unspecified atom stereocenters. The summed E-state index contributed by atoms with van der Waals surface area (Å²) in [6, 6.07) is 118. The molecule has 0 bridgehead atoms. The second-order valence-corrected chi connectivity index (χ2v) is 34.9. The Morgan fingerprint density at radius 3 is 0.891 bits per heavy atom. The van der Waals surface area contributed by atoms with E-state index < -0.39 is 0 Å². The summed E-state index contributed by atoms with van der Waals surface area (Å²) in [5.41, 5.74) is 23.5. The molecule has 16 rings (SSSR count). The van der Waals surface area contributed by atoms with Gasteiger partial charge in [0.2, 0.25) is 0 Å². The summed E-state index contributed by atoms with van der Waals surface area (Å²) < 4.78 is 3.15. The minimum absolute atomic E-state index is 0. The topological polar surface area (TPSA) is 32.3 Å². The van der Waals surface area contributed by atoms with Crippen molar-refractivity contribution in [2.45, 2.75) is 105 Å². The summed E-state index contributed by atoms with van der Waals surface area (Å²) >= 11 is 10.8. The molecular formula is C102H89Br3IrN4-2. The van der Waals surface area contributed by atoms with Gasteiger partial charge in [-0.25, -0.2) is 0 Å². The third kappa shape index (κ3) is 17.5. The fourth-order valence-electron chi connectivity index (χ4n) is 14.3. The van der Waals surface area contributed by atoms with Crippen LogP contribution in [0.3, 0.4) is 0 Å². The zero-order valence-corrected chi connectivity index (χ0v) is 71.5. The van der Waals surface area contributed by atoms with Gasteiger partial charge in [-0.05, 0) is 208 Å². The van der Waals surface area contributed by atoms with Gasteiger partial charge in [-0.15, -0.1) is 65.2 Å². The maximum Gasteiger partial charge on any atom is 0.0619 e. The van der Waals surface area contributed by atoms with Crippen molar-refractivity contribution < 1.29 is 20.1 Å². The molecule has 0 saturated heterocycles. The molecule has 0 spiro atoms. The molecule has 2 heterocycles. The van der Waals surface area contributed by atoms with Gasteiger partial charge in [0.15, 0.2) is 0 Å². The van der Waals surface area contributed by atoms with Crippen LogP contribution in [0, 0.1) is 12.1 Å². The third-order valence-electron chi connectivity index (χ3n) is 20.3. The number of fused-ring (bicyclic) bond motifs is 4. The van der Waals surface area contributed by atoms with E-state index in [1.165, 1.54) is 82.4 Å². The van der Waals surface area contributed by atoms with Gasteiger partial charge in [0, 0.05) is 85.7 Å². The second-order valence-electron chi connectivity index (χ2n) is 32.1.